The molecule has 3 heteroatoms. The monoisotopic (exact) mass is 274 g/mol. The standard InChI is InChI=1S/C17H26N2O/c1-14(2)8-9-17(20)19-12-10-18(11-13-19)16-7-5-4-6-15(16)3/h4-7,14H,8-13H2,1-3H3. The lowest BCUT2D eigenvalue weighted by Crippen LogP contribution is -2.49. The number of carbonyl (C=O) groups is 1. The Labute approximate surface area is 122 Å². The van der Waals surface area contributed by atoms with Crippen molar-refractivity contribution in [1.29, 1.82) is 0 Å². The van der Waals surface area contributed by atoms with E-state index in [1.54, 1.807) is 0 Å². The summed E-state index contributed by atoms with van der Waals surface area (Å²) >= 11 is 0. The average molecular weight is 274 g/mol. The maximum atomic E-state index is 12.1. The van der Waals surface area contributed by atoms with E-state index in [0.29, 0.717) is 18.2 Å². The van der Waals surface area contributed by atoms with Crippen LogP contribution in [0.3, 0.4) is 0 Å². The number of para-hydroxylation sites is 1. The van der Waals surface area contributed by atoms with Gasteiger partial charge in [-0.3, -0.25) is 4.79 Å². The predicted molar refractivity (Wildman–Crippen MR) is 84.0 cm³/mol. The van der Waals surface area contributed by atoms with Crippen molar-refractivity contribution in [3.05, 3.63) is 29.8 Å². The Balaban J connectivity index is 1.86. The molecule has 0 radical (unpaired) electrons. The molecule has 0 aromatic heterocycles. The number of carbonyl (C=O) groups excluding carboxylic acids is 1. The van der Waals surface area contributed by atoms with Gasteiger partial charge in [0, 0.05) is 38.3 Å². The Morgan fingerprint density at radius 3 is 2.40 bits per heavy atom. The van der Waals surface area contributed by atoms with E-state index >= 15 is 0 Å². The molecule has 1 aliphatic rings. The molecule has 0 N–H and O–H groups in total. The Bertz CT molecular complexity index is 448. The number of anilines is 1. The van der Waals surface area contributed by atoms with Gasteiger partial charge in [-0.2, -0.15) is 0 Å². The maximum Gasteiger partial charge on any atom is 0.222 e. The van der Waals surface area contributed by atoms with Crippen LogP contribution in [0.1, 0.15) is 32.3 Å². The summed E-state index contributed by atoms with van der Waals surface area (Å²) in [5.41, 5.74) is 2.62. The van der Waals surface area contributed by atoms with Gasteiger partial charge in [0.25, 0.3) is 0 Å². The van der Waals surface area contributed by atoms with Gasteiger partial charge in [-0.15, -0.1) is 0 Å². The Morgan fingerprint density at radius 1 is 1.15 bits per heavy atom. The first kappa shape index (κ1) is 14.9. The molecule has 3 nitrogen and oxygen atoms in total. The number of piperazine rings is 1. The van der Waals surface area contributed by atoms with Gasteiger partial charge in [-0.05, 0) is 30.9 Å². The fraction of sp³-hybridized carbons (Fsp3) is 0.588. The van der Waals surface area contributed by atoms with E-state index in [9.17, 15) is 4.79 Å². The van der Waals surface area contributed by atoms with Crippen LogP contribution < -0.4 is 4.90 Å². The second-order valence-corrected chi connectivity index (χ2v) is 6.09. The summed E-state index contributed by atoms with van der Waals surface area (Å²) in [6.07, 6.45) is 1.69. The van der Waals surface area contributed by atoms with Crippen molar-refractivity contribution in [1.82, 2.24) is 4.90 Å². The number of aryl methyl sites for hydroxylation is 1. The molecule has 0 atom stereocenters. The second kappa shape index (κ2) is 6.78. The molecule has 2 rings (SSSR count). The summed E-state index contributed by atoms with van der Waals surface area (Å²) in [5, 5.41) is 0. The lowest BCUT2D eigenvalue weighted by Gasteiger charge is -2.37. The molecule has 1 saturated heterocycles. The molecule has 1 aliphatic heterocycles. The number of rotatable bonds is 4. The van der Waals surface area contributed by atoms with E-state index in [1.807, 2.05) is 4.90 Å². The van der Waals surface area contributed by atoms with Gasteiger partial charge in [0.15, 0.2) is 0 Å². The third-order valence-electron chi connectivity index (χ3n) is 4.02. The number of hydrogen-bond acceptors (Lipinski definition) is 2. The van der Waals surface area contributed by atoms with Crippen molar-refractivity contribution in [3.63, 3.8) is 0 Å². The average Bonchev–Trinajstić information content (AvgIpc) is 2.45. The largest absolute Gasteiger partial charge is 0.368 e. The van der Waals surface area contributed by atoms with Crippen molar-refractivity contribution in [2.45, 2.75) is 33.6 Å². The van der Waals surface area contributed by atoms with Gasteiger partial charge in [-0.25, -0.2) is 0 Å². The molecule has 1 amide bonds. The third-order valence-corrected chi connectivity index (χ3v) is 4.02. The summed E-state index contributed by atoms with van der Waals surface area (Å²) in [6.45, 7) is 10.1. The van der Waals surface area contributed by atoms with Crippen LogP contribution in [0.2, 0.25) is 0 Å². The smallest absolute Gasteiger partial charge is 0.222 e. The first-order valence-electron chi connectivity index (χ1n) is 7.66. The number of nitrogens with zero attached hydrogens (tertiary/aromatic N) is 2. The van der Waals surface area contributed by atoms with E-state index in [-0.39, 0.29) is 0 Å². The Kier molecular flexibility index (Phi) is 5.05. The van der Waals surface area contributed by atoms with Gasteiger partial charge < -0.3 is 9.80 Å². The molecule has 1 aromatic rings. The van der Waals surface area contributed by atoms with Gasteiger partial charge >= 0.3 is 0 Å². The quantitative estimate of drug-likeness (QED) is 0.842. The highest BCUT2D eigenvalue weighted by Crippen LogP contribution is 2.21. The Hall–Kier alpha value is -1.51. The number of hydrogen-bond donors (Lipinski definition) is 0. The molecule has 0 unspecified atom stereocenters. The molecule has 1 heterocycles. The van der Waals surface area contributed by atoms with Crippen LogP contribution in [-0.2, 0) is 4.79 Å². The van der Waals surface area contributed by atoms with E-state index in [2.05, 4.69) is 49.9 Å². The van der Waals surface area contributed by atoms with Crippen LogP contribution in [0.5, 0.6) is 0 Å². The normalized spacial score (nSPS) is 15.8. The highest BCUT2D eigenvalue weighted by atomic mass is 16.2. The van der Waals surface area contributed by atoms with E-state index in [1.165, 1.54) is 11.3 Å². The van der Waals surface area contributed by atoms with Crippen LogP contribution in [0.4, 0.5) is 5.69 Å². The van der Waals surface area contributed by atoms with Crippen molar-refractivity contribution in [3.8, 4) is 0 Å². The summed E-state index contributed by atoms with van der Waals surface area (Å²) in [7, 11) is 0. The van der Waals surface area contributed by atoms with Crippen molar-refractivity contribution >= 4 is 11.6 Å². The van der Waals surface area contributed by atoms with E-state index in [0.717, 1.165) is 32.6 Å². The van der Waals surface area contributed by atoms with Gasteiger partial charge in [0.1, 0.15) is 0 Å². The Morgan fingerprint density at radius 2 is 1.80 bits per heavy atom. The lowest BCUT2D eigenvalue weighted by atomic mass is 10.1. The highest BCUT2D eigenvalue weighted by molar-refractivity contribution is 5.76. The molecule has 0 saturated carbocycles. The summed E-state index contributed by atoms with van der Waals surface area (Å²) in [6, 6.07) is 8.48. The maximum absolute atomic E-state index is 12.1. The second-order valence-electron chi connectivity index (χ2n) is 6.09. The molecule has 0 aliphatic carbocycles. The summed E-state index contributed by atoms with van der Waals surface area (Å²) < 4.78 is 0. The topological polar surface area (TPSA) is 23.6 Å². The SMILES string of the molecule is Cc1ccccc1N1CCN(C(=O)CCC(C)C)CC1. The first-order valence-corrected chi connectivity index (χ1v) is 7.66. The highest BCUT2D eigenvalue weighted by Gasteiger charge is 2.21. The number of benzene rings is 1. The van der Waals surface area contributed by atoms with Crippen LogP contribution in [-0.4, -0.2) is 37.0 Å². The van der Waals surface area contributed by atoms with Gasteiger partial charge in [-0.1, -0.05) is 32.0 Å². The minimum atomic E-state index is 0.322. The fourth-order valence-corrected chi connectivity index (χ4v) is 2.69. The zero-order chi connectivity index (χ0) is 14.5. The van der Waals surface area contributed by atoms with Crippen molar-refractivity contribution in [2.24, 2.45) is 5.92 Å². The molecule has 1 fully saturated rings. The van der Waals surface area contributed by atoms with E-state index in [4.69, 9.17) is 0 Å². The van der Waals surface area contributed by atoms with Crippen LogP contribution >= 0.6 is 0 Å². The van der Waals surface area contributed by atoms with Crippen LogP contribution in [0.25, 0.3) is 0 Å². The van der Waals surface area contributed by atoms with Crippen molar-refractivity contribution < 1.29 is 4.79 Å². The number of amides is 1. The molecule has 110 valence electrons. The zero-order valence-electron chi connectivity index (χ0n) is 12.9. The van der Waals surface area contributed by atoms with Crippen LogP contribution in [0, 0.1) is 12.8 Å². The third kappa shape index (κ3) is 3.75. The minimum absolute atomic E-state index is 0.322. The molecular weight excluding hydrogens is 248 g/mol. The molecule has 0 spiro atoms. The first-order chi connectivity index (χ1) is 9.58. The summed E-state index contributed by atoms with van der Waals surface area (Å²) in [4.78, 5) is 16.5. The van der Waals surface area contributed by atoms with Crippen molar-refractivity contribution in [2.75, 3.05) is 31.1 Å². The molecule has 1 aromatic carbocycles. The minimum Gasteiger partial charge on any atom is -0.368 e. The van der Waals surface area contributed by atoms with Gasteiger partial charge in [0.2, 0.25) is 5.91 Å². The summed E-state index contributed by atoms with van der Waals surface area (Å²) in [5.74, 6) is 0.926. The van der Waals surface area contributed by atoms with E-state index < -0.39 is 0 Å². The van der Waals surface area contributed by atoms with Gasteiger partial charge in [0.05, 0.1) is 0 Å². The zero-order valence-corrected chi connectivity index (χ0v) is 12.9. The molecular formula is C17H26N2O. The lowest BCUT2D eigenvalue weighted by molar-refractivity contribution is -0.131. The predicted octanol–water partition coefficient (Wildman–Crippen LogP) is 3.08. The molecule has 0 bridgehead atoms. The molecule has 20 heavy (non-hydrogen) atoms. The fourth-order valence-electron chi connectivity index (χ4n) is 2.69. The van der Waals surface area contributed by atoms with Crippen LogP contribution in [0.15, 0.2) is 24.3 Å².